The molecule has 1 atom stereocenters. The predicted octanol–water partition coefficient (Wildman–Crippen LogP) is 3.27. The van der Waals surface area contributed by atoms with Crippen LogP contribution in [0.4, 0.5) is 0 Å². The number of hydrogen-bond donors (Lipinski definition) is 1. The minimum absolute atomic E-state index is 0.704. The molecule has 0 aliphatic rings. The van der Waals surface area contributed by atoms with Crippen LogP contribution in [0, 0.1) is 6.92 Å². The number of rotatable bonds is 2. The van der Waals surface area contributed by atoms with Gasteiger partial charge in [0.15, 0.2) is 0 Å². The van der Waals surface area contributed by atoms with Crippen LogP contribution in [0.5, 0.6) is 0 Å². The first-order valence-electron chi connectivity index (χ1n) is 4.46. The molecule has 0 aliphatic heterocycles. The van der Waals surface area contributed by atoms with Crippen molar-refractivity contribution in [1.29, 1.82) is 0 Å². The lowest BCUT2D eigenvalue weighted by Gasteiger charge is -2.23. The van der Waals surface area contributed by atoms with Gasteiger partial charge in [0.05, 0.1) is 5.60 Å². The fourth-order valence-corrected chi connectivity index (χ4v) is 1.65. The maximum atomic E-state index is 10.0. The number of aryl methyl sites for hydroxylation is 1. The molecular formula is C11H15ClO. The standard InChI is InChI=1S/C11H15ClO/c1-4-11(3,13)10-6-5-9(12)7-8(10)2/h5-7,13H,4H2,1-3H3. The minimum Gasteiger partial charge on any atom is -0.385 e. The van der Waals surface area contributed by atoms with Gasteiger partial charge in [-0.1, -0.05) is 24.6 Å². The van der Waals surface area contributed by atoms with Crippen LogP contribution >= 0.6 is 11.6 Å². The Morgan fingerprint density at radius 3 is 2.54 bits per heavy atom. The second kappa shape index (κ2) is 3.69. The van der Waals surface area contributed by atoms with Crippen molar-refractivity contribution in [3.63, 3.8) is 0 Å². The van der Waals surface area contributed by atoms with Crippen LogP contribution in [0.2, 0.25) is 5.02 Å². The summed E-state index contributed by atoms with van der Waals surface area (Å²) in [6, 6.07) is 5.58. The summed E-state index contributed by atoms with van der Waals surface area (Å²) < 4.78 is 0. The van der Waals surface area contributed by atoms with Gasteiger partial charge >= 0.3 is 0 Å². The normalized spacial score (nSPS) is 15.5. The Labute approximate surface area is 84.4 Å². The van der Waals surface area contributed by atoms with Gasteiger partial charge in [0.2, 0.25) is 0 Å². The van der Waals surface area contributed by atoms with E-state index in [1.165, 1.54) is 0 Å². The van der Waals surface area contributed by atoms with Gasteiger partial charge in [0, 0.05) is 5.02 Å². The third-order valence-electron chi connectivity index (χ3n) is 2.46. The second-order valence-electron chi connectivity index (χ2n) is 3.59. The Morgan fingerprint density at radius 2 is 2.08 bits per heavy atom. The summed E-state index contributed by atoms with van der Waals surface area (Å²) in [4.78, 5) is 0. The largest absolute Gasteiger partial charge is 0.385 e. The van der Waals surface area contributed by atoms with Crippen molar-refractivity contribution in [3.8, 4) is 0 Å². The van der Waals surface area contributed by atoms with E-state index in [2.05, 4.69) is 0 Å². The quantitative estimate of drug-likeness (QED) is 0.774. The monoisotopic (exact) mass is 198 g/mol. The third kappa shape index (κ3) is 2.23. The van der Waals surface area contributed by atoms with Crippen LogP contribution in [0.1, 0.15) is 31.4 Å². The maximum Gasteiger partial charge on any atom is 0.0868 e. The fraction of sp³-hybridized carbons (Fsp3) is 0.455. The van der Waals surface area contributed by atoms with Gasteiger partial charge in [-0.15, -0.1) is 0 Å². The number of halogens is 1. The molecular weight excluding hydrogens is 184 g/mol. The van der Waals surface area contributed by atoms with E-state index in [1.807, 2.05) is 39.0 Å². The van der Waals surface area contributed by atoms with Crippen molar-refractivity contribution in [2.75, 3.05) is 0 Å². The van der Waals surface area contributed by atoms with E-state index in [0.29, 0.717) is 11.4 Å². The van der Waals surface area contributed by atoms with Gasteiger partial charge in [-0.05, 0) is 43.5 Å². The van der Waals surface area contributed by atoms with Gasteiger partial charge in [-0.3, -0.25) is 0 Å². The van der Waals surface area contributed by atoms with Crippen LogP contribution in [0.3, 0.4) is 0 Å². The number of benzene rings is 1. The summed E-state index contributed by atoms with van der Waals surface area (Å²) in [5, 5.41) is 10.7. The Balaban J connectivity index is 3.16. The molecule has 1 unspecified atom stereocenters. The lowest BCUT2D eigenvalue weighted by atomic mass is 9.90. The Kier molecular flexibility index (Phi) is 2.99. The van der Waals surface area contributed by atoms with E-state index in [-0.39, 0.29) is 0 Å². The lowest BCUT2D eigenvalue weighted by Crippen LogP contribution is -2.20. The Morgan fingerprint density at radius 1 is 1.46 bits per heavy atom. The summed E-state index contributed by atoms with van der Waals surface area (Å²) in [5.41, 5.74) is 1.26. The molecule has 0 heterocycles. The van der Waals surface area contributed by atoms with Crippen molar-refractivity contribution in [1.82, 2.24) is 0 Å². The first kappa shape index (κ1) is 10.6. The van der Waals surface area contributed by atoms with Crippen LogP contribution in [-0.4, -0.2) is 5.11 Å². The molecule has 0 amide bonds. The van der Waals surface area contributed by atoms with Gasteiger partial charge in [-0.2, -0.15) is 0 Å². The van der Waals surface area contributed by atoms with Gasteiger partial charge in [-0.25, -0.2) is 0 Å². The Hall–Kier alpha value is -0.530. The van der Waals surface area contributed by atoms with E-state index in [1.54, 1.807) is 0 Å². The van der Waals surface area contributed by atoms with Gasteiger partial charge < -0.3 is 5.11 Å². The first-order valence-corrected chi connectivity index (χ1v) is 4.84. The summed E-state index contributed by atoms with van der Waals surface area (Å²) >= 11 is 5.83. The van der Waals surface area contributed by atoms with Crippen molar-refractivity contribution < 1.29 is 5.11 Å². The molecule has 13 heavy (non-hydrogen) atoms. The SMILES string of the molecule is CCC(C)(O)c1ccc(Cl)cc1C. The lowest BCUT2D eigenvalue weighted by molar-refractivity contribution is 0.0524. The van der Waals surface area contributed by atoms with Crippen molar-refractivity contribution >= 4 is 11.6 Å². The fourth-order valence-electron chi connectivity index (χ4n) is 1.42. The summed E-state index contributed by atoms with van der Waals surface area (Å²) in [6.07, 6.45) is 0.704. The molecule has 0 saturated carbocycles. The molecule has 0 spiro atoms. The van der Waals surface area contributed by atoms with Gasteiger partial charge in [0.1, 0.15) is 0 Å². The average Bonchev–Trinajstić information content (AvgIpc) is 2.03. The molecule has 1 nitrogen and oxygen atoms in total. The molecule has 72 valence electrons. The highest BCUT2D eigenvalue weighted by atomic mass is 35.5. The van der Waals surface area contributed by atoms with Crippen LogP contribution in [-0.2, 0) is 5.60 Å². The zero-order chi connectivity index (χ0) is 10.1. The highest BCUT2D eigenvalue weighted by Crippen LogP contribution is 2.28. The highest BCUT2D eigenvalue weighted by molar-refractivity contribution is 6.30. The molecule has 0 radical (unpaired) electrons. The first-order chi connectivity index (χ1) is 5.97. The van der Waals surface area contributed by atoms with Crippen molar-refractivity contribution in [2.24, 2.45) is 0 Å². The summed E-state index contributed by atoms with van der Waals surface area (Å²) in [5.74, 6) is 0. The predicted molar refractivity (Wildman–Crippen MR) is 56.1 cm³/mol. The Bertz CT molecular complexity index is 305. The van der Waals surface area contributed by atoms with Crippen molar-refractivity contribution in [2.45, 2.75) is 32.8 Å². The molecule has 1 aromatic rings. The zero-order valence-electron chi connectivity index (χ0n) is 8.26. The smallest absolute Gasteiger partial charge is 0.0868 e. The number of aliphatic hydroxyl groups is 1. The second-order valence-corrected chi connectivity index (χ2v) is 4.02. The molecule has 2 heteroatoms. The molecule has 1 aromatic carbocycles. The van der Waals surface area contributed by atoms with E-state index in [9.17, 15) is 5.11 Å². The molecule has 0 aromatic heterocycles. The molecule has 0 saturated heterocycles. The number of hydrogen-bond acceptors (Lipinski definition) is 1. The van der Waals surface area contributed by atoms with Gasteiger partial charge in [0.25, 0.3) is 0 Å². The van der Waals surface area contributed by atoms with Crippen LogP contribution in [0.15, 0.2) is 18.2 Å². The minimum atomic E-state index is -0.741. The van der Waals surface area contributed by atoms with Crippen molar-refractivity contribution in [3.05, 3.63) is 34.3 Å². The molecule has 1 rings (SSSR count). The third-order valence-corrected chi connectivity index (χ3v) is 2.69. The topological polar surface area (TPSA) is 20.2 Å². The van der Waals surface area contributed by atoms with E-state index < -0.39 is 5.60 Å². The highest BCUT2D eigenvalue weighted by Gasteiger charge is 2.21. The van der Waals surface area contributed by atoms with Crippen LogP contribution < -0.4 is 0 Å². The molecule has 0 bridgehead atoms. The summed E-state index contributed by atoms with van der Waals surface area (Å²) in [6.45, 7) is 5.75. The summed E-state index contributed by atoms with van der Waals surface area (Å²) in [7, 11) is 0. The molecule has 0 fully saturated rings. The van der Waals surface area contributed by atoms with E-state index >= 15 is 0 Å². The maximum absolute atomic E-state index is 10.0. The molecule has 1 N–H and O–H groups in total. The zero-order valence-corrected chi connectivity index (χ0v) is 9.02. The van der Waals surface area contributed by atoms with E-state index in [4.69, 9.17) is 11.6 Å². The average molecular weight is 199 g/mol. The molecule has 0 aliphatic carbocycles. The van der Waals surface area contributed by atoms with E-state index in [0.717, 1.165) is 11.1 Å². The van der Waals surface area contributed by atoms with Crippen LogP contribution in [0.25, 0.3) is 0 Å².